The third-order valence-electron chi connectivity index (χ3n) is 1.70. The molecule has 1 aromatic rings. The molecule has 0 aromatic carbocycles. The predicted octanol–water partition coefficient (Wildman–Crippen LogP) is 2.11. The summed E-state index contributed by atoms with van der Waals surface area (Å²) in [6.07, 6.45) is 0. The summed E-state index contributed by atoms with van der Waals surface area (Å²) < 4.78 is 0. The summed E-state index contributed by atoms with van der Waals surface area (Å²) in [7, 11) is 0. The summed E-state index contributed by atoms with van der Waals surface area (Å²) in [5, 5.41) is 3.14. The summed E-state index contributed by atoms with van der Waals surface area (Å²) in [4.78, 5) is 4.33. The van der Waals surface area contributed by atoms with Crippen LogP contribution >= 0.6 is 11.3 Å². The van der Waals surface area contributed by atoms with Crippen molar-refractivity contribution in [3.8, 4) is 0 Å². The number of nitrogens with zero attached hydrogens (tertiary/aromatic N) is 1. The summed E-state index contributed by atoms with van der Waals surface area (Å²) in [6, 6.07) is 0.0972. The number of rotatable bonds is 2. The standard InChI is InChI=1S/C8H14N2S/c1-5(2)8(9)7-4-11-6(3)10-7/h4-5,8H,9H2,1-3H3/t8-/m1/s1. The smallest absolute Gasteiger partial charge is 0.0898 e. The third-order valence-corrected chi connectivity index (χ3v) is 2.49. The number of aryl methyl sites for hydroxylation is 1. The first-order valence-electron chi connectivity index (χ1n) is 3.79. The molecule has 0 aliphatic rings. The quantitative estimate of drug-likeness (QED) is 0.738. The van der Waals surface area contributed by atoms with Gasteiger partial charge in [-0.05, 0) is 12.8 Å². The Morgan fingerprint density at radius 1 is 1.55 bits per heavy atom. The molecule has 0 fully saturated rings. The Balaban J connectivity index is 2.76. The zero-order chi connectivity index (χ0) is 8.43. The van der Waals surface area contributed by atoms with E-state index in [1.54, 1.807) is 11.3 Å². The molecule has 2 nitrogen and oxygen atoms in total. The van der Waals surface area contributed by atoms with Crippen molar-refractivity contribution in [2.24, 2.45) is 11.7 Å². The second kappa shape index (κ2) is 3.32. The molecule has 0 spiro atoms. The first kappa shape index (κ1) is 8.68. The molecule has 0 bridgehead atoms. The van der Waals surface area contributed by atoms with Gasteiger partial charge in [-0.25, -0.2) is 4.98 Å². The molecule has 0 saturated carbocycles. The maximum Gasteiger partial charge on any atom is 0.0898 e. The van der Waals surface area contributed by atoms with E-state index in [2.05, 4.69) is 18.8 Å². The van der Waals surface area contributed by atoms with E-state index < -0.39 is 0 Å². The molecular weight excluding hydrogens is 156 g/mol. The van der Waals surface area contributed by atoms with E-state index in [0.29, 0.717) is 5.92 Å². The van der Waals surface area contributed by atoms with Gasteiger partial charge in [0.1, 0.15) is 0 Å². The minimum atomic E-state index is 0.0972. The molecule has 0 saturated heterocycles. The maximum atomic E-state index is 5.90. The molecule has 1 aromatic heterocycles. The van der Waals surface area contributed by atoms with Gasteiger partial charge in [0.2, 0.25) is 0 Å². The summed E-state index contributed by atoms with van der Waals surface area (Å²) in [6.45, 7) is 6.22. The second-order valence-corrected chi connectivity index (χ2v) is 4.12. The van der Waals surface area contributed by atoms with Crippen molar-refractivity contribution in [2.45, 2.75) is 26.8 Å². The number of hydrogen-bond acceptors (Lipinski definition) is 3. The molecule has 1 rings (SSSR count). The fourth-order valence-corrected chi connectivity index (χ4v) is 1.53. The Bertz CT molecular complexity index is 230. The highest BCUT2D eigenvalue weighted by Gasteiger charge is 2.12. The van der Waals surface area contributed by atoms with Crippen LogP contribution in [0.4, 0.5) is 0 Å². The van der Waals surface area contributed by atoms with Crippen LogP contribution in [0.3, 0.4) is 0 Å². The molecule has 0 amide bonds. The van der Waals surface area contributed by atoms with E-state index in [-0.39, 0.29) is 6.04 Å². The lowest BCUT2D eigenvalue weighted by Gasteiger charge is -2.11. The van der Waals surface area contributed by atoms with Gasteiger partial charge >= 0.3 is 0 Å². The van der Waals surface area contributed by atoms with Crippen molar-refractivity contribution in [1.29, 1.82) is 0 Å². The Kier molecular flexibility index (Phi) is 2.62. The van der Waals surface area contributed by atoms with Gasteiger partial charge in [-0.3, -0.25) is 0 Å². The molecule has 0 radical (unpaired) electrons. The Labute approximate surface area is 71.5 Å². The monoisotopic (exact) mass is 170 g/mol. The van der Waals surface area contributed by atoms with Gasteiger partial charge in [0.05, 0.1) is 16.7 Å². The zero-order valence-corrected chi connectivity index (χ0v) is 7.98. The van der Waals surface area contributed by atoms with Crippen LogP contribution in [0.1, 0.15) is 30.6 Å². The van der Waals surface area contributed by atoms with E-state index in [1.807, 2.05) is 12.3 Å². The first-order chi connectivity index (χ1) is 5.11. The van der Waals surface area contributed by atoms with Crippen molar-refractivity contribution in [2.75, 3.05) is 0 Å². The Hall–Kier alpha value is -0.410. The molecule has 0 aliphatic heterocycles. The highest BCUT2D eigenvalue weighted by molar-refractivity contribution is 7.09. The molecule has 62 valence electrons. The molecule has 1 heterocycles. The SMILES string of the molecule is Cc1nc([C@H](N)C(C)C)cs1. The van der Waals surface area contributed by atoms with Crippen LogP contribution in [0.25, 0.3) is 0 Å². The van der Waals surface area contributed by atoms with E-state index in [4.69, 9.17) is 5.73 Å². The number of hydrogen-bond donors (Lipinski definition) is 1. The highest BCUT2D eigenvalue weighted by Crippen LogP contribution is 2.20. The summed E-state index contributed by atoms with van der Waals surface area (Å²) in [5.74, 6) is 0.469. The van der Waals surface area contributed by atoms with Gasteiger partial charge in [0.25, 0.3) is 0 Å². The van der Waals surface area contributed by atoms with Crippen LogP contribution in [0.2, 0.25) is 0 Å². The molecule has 0 aliphatic carbocycles. The molecule has 3 heteroatoms. The molecule has 2 N–H and O–H groups in total. The minimum Gasteiger partial charge on any atom is -0.322 e. The summed E-state index contributed by atoms with van der Waals surface area (Å²) in [5.41, 5.74) is 6.93. The second-order valence-electron chi connectivity index (χ2n) is 3.06. The molecular formula is C8H14N2S. The van der Waals surface area contributed by atoms with Crippen LogP contribution in [0.5, 0.6) is 0 Å². The number of thiazole rings is 1. The van der Waals surface area contributed by atoms with Crippen molar-refractivity contribution in [1.82, 2.24) is 4.98 Å². The van der Waals surface area contributed by atoms with Crippen LogP contribution in [-0.2, 0) is 0 Å². The number of aromatic nitrogens is 1. The summed E-state index contributed by atoms with van der Waals surface area (Å²) >= 11 is 1.66. The van der Waals surface area contributed by atoms with Gasteiger partial charge < -0.3 is 5.73 Å². The predicted molar refractivity (Wildman–Crippen MR) is 48.6 cm³/mol. The van der Waals surface area contributed by atoms with E-state index in [9.17, 15) is 0 Å². The topological polar surface area (TPSA) is 38.9 Å². The number of nitrogens with two attached hydrogens (primary N) is 1. The van der Waals surface area contributed by atoms with Gasteiger partial charge in [-0.2, -0.15) is 0 Å². The van der Waals surface area contributed by atoms with E-state index >= 15 is 0 Å². The van der Waals surface area contributed by atoms with Crippen molar-refractivity contribution in [3.63, 3.8) is 0 Å². The average Bonchev–Trinajstić information content (AvgIpc) is 2.34. The highest BCUT2D eigenvalue weighted by atomic mass is 32.1. The van der Waals surface area contributed by atoms with Crippen LogP contribution < -0.4 is 5.73 Å². The van der Waals surface area contributed by atoms with Crippen LogP contribution in [-0.4, -0.2) is 4.98 Å². The molecule has 1 atom stereocenters. The van der Waals surface area contributed by atoms with E-state index in [1.165, 1.54) is 0 Å². The van der Waals surface area contributed by atoms with Crippen molar-refractivity contribution in [3.05, 3.63) is 16.1 Å². The van der Waals surface area contributed by atoms with Crippen LogP contribution in [0, 0.1) is 12.8 Å². The van der Waals surface area contributed by atoms with E-state index in [0.717, 1.165) is 10.7 Å². The fraction of sp³-hybridized carbons (Fsp3) is 0.625. The Morgan fingerprint density at radius 2 is 2.18 bits per heavy atom. The third kappa shape index (κ3) is 2.01. The lowest BCUT2D eigenvalue weighted by molar-refractivity contribution is 0.505. The lowest BCUT2D eigenvalue weighted by Crippen LogP contribution is -2.16. The van der Waals surface area contributed by atoms with Crippen molar-refractivity contribution < 1.29 is 0 Å². The van der Waals surface area contributed by atoms with Crippen molar-refractivity contribution >= 4 is 11.3 Å². The minimum absolute atomic E-state index is 0.0972. The largest absolute Gasteiger partial charge is 0.322 e. The van der Waals surface area contributed by atoms with Gasteiger partial charge in [-0.1, -0.05) is 13.8 Å². The van der Waals surface area contributed by atoms with Gasteiger partial charge in [-0.15, -0.1) is 11.3 Å². The lowest BCUT2D eigenvalue weighted by atomic mass is 10.0. The normalized spacial score (nSPS) is 13.9. The fourth-order valence-electron chi connectivity index (χ4n) is 0.875. The Morgan fingerprint density at radius 3 is 2.55 bits per heavy atom. The first-order valence-corrected chi connectivity index (χ1v) is 4.67. The molecule has 0 unspecified atom stereocenters. The van der Waals surface area contributed by atoms with Gasteiger partial charge in [0.15, 0.2) is 0 Å². The average molecular weight is 170 g/mol. The zero-order valence-electron chi connectivity index (χ0n) is 7.16. The van der Waals surface area contributed by atoms with Crippen LogP contribution in [0.15, 0.2) is 5.38 Å². The maximum absolute atomic E-state index is 5.90. The molecule has 11 heavy (non-hydrogen) atoms. The van der Waals surface area contributed by atoms with Gasteiger partial charge in [0, 0.05) is 5.38 Å².